The van der Waals surface area contributed by atoms with Crippen LogP contribution in [0.5, 0.6) is 0 Å². The summed E-state index contributed by atoms with van der Waals surface area (Å²) in [6.45, 7) is 0. The molecular weight excluding hydrogens is 325 g/mol. The van der Waals surface area contributed by atoms with Crippen molar-refractivity contribution >= 4 is 33.8 Å². The highest BCUT2D eigenvalue weighted by Crippen LogP contribution is 2.20. The maximum absolute atomic E-state index is 13.2. The van der Waals surface area contributed by atoms with Gasteiger partial charge in [-0.2, -0.15) is 0 Å². The second-order valence-electron chi connectivity index (χ2n) is 3.56. The Kier molecular flexibility index (Phi) is 4.99. The summed E-state index contributed by atoms with van der Waals surface area (Å²) in [5.74, 6) is -4.41. The molecule has 0 aliphatic carbocycles. The van der Waals surface area contributed by atoms with Crippen molar-refractivity contribution in [1.82, 2.24) is 5.32 Å². The fraction of sp³-hybridized carbons (Fsp3) is 0.182. The molecule has 1 aromatic carbocycles. The smallest absolute Gasteiger partial charge is 0.326 e. The molecule has 0 saturated heterocycles. The highest BCUT2D eigenvalue weighted by Gasteiger charge is 2.24. The van der Waals surface area contributed by atoms with Gasteiger partial charge >= 0.3 is 11.9 Å². The molecule has 0 heterocycles. The van der Waals surface area contributed by atoms with Gasteiger partial charge in [-0.3, -0.25) is 9.59 Å². The average molecular weight is 334 g/mol. The first-order chi connectivity index (χ1) is 8.82. The molecule has 19 heavy (non-hydrogen) atoms. The summed E-state index contributed by atoms with van der Waals surface area (Å²) in [6, 6.07) is 2.09. The number of rotatable bonds is 5. The first-order valence-corrected chi connectivity index (χ1v) is 5.81. The molecule has 0 saturated carbocycles. The number of carboxylic acids is 2. The third-order valence-corrected chi connectivity index (χ3v) is 2.98. The average Bonchev–Trinajstić information content (AvgIpc) is 2.31. The Balaban J connectivity index is 2.91. The van der Waals surface area contributed by atoms with Gasteiger partial charge in [0.05, 0.1) is 16.5 Å². The van der Waals surface area contributed by atoms with Crippen molar-refractivity contribution in [2.24, 2.45) is 0 Å². The Morgan fingerprint density at radius 1 is 1.32 bits per heavy atom. The van der Waals surface area contributed by atoms with E-state index < -0.39 is 36.1 Å². The SMILES string of the molecule is O=C(O)CC(NC(=O)c1cccc(F)c1Br)C(=O)O. The lowest BCUT2D eigenvalue weighted by Gasteiger charge is -2.13. The summed E-state index contributed by atoms with van der Waals surface area (Å²) in [5.41, 5.74) is -0.114. The standard InChI is InChI=1S/C11H9BrFNO5/c12-9-5(2-1-3-6(9)13)10(17)14-7(11(18)19)4-8(15)16/h1-3,7H,4H2,(H,14,17)(H,15,16)(H,18,19). The Morgan fingerprint density at radius 3 is 2.47 bits per heavy atom. The van der Waals surface area contributed by atoms with Crippen LogP contribution >= 0.6 is 15.9 Å². The summed E-state index contributed by atoms with van der Waals surface area (Å²) >= 11 is 2.86. The third kappa shape index (κ3) is 4.02. The molecule has 0 radical (unpaired) electrons. The van der Waals surface area contributed by atoms with Crippen LogP contribution in [0.25, 0.3) is 0 Å². The normalized spacial score (nSPS) is 11.7. The Bertz CT molecular complexity index is 534. The molecule has 3 N–H and O–H groups in total. The molecule has 1 unspecified atom stereocenters. The Morgan fingerprint density at radius 2 is 1.95 bits per heavy atom. The van der Waals surface area contributed by atoms with Crippen molar-refractivity contribution in [2.75, 3.05) is 0 Å². The van der Waals surface area contributed by atoms with Crippen molar-refractivity contribution in [3.8, 4) is 0 Å². The van der Waals surface area contributed by atoms with Gasteiger partial charge in [-0.1, -0.05) is 6.07 Å². The van der Waals surface area contributed by atoms with Gasteiger partial charge in [-0.25, -0.2) is 9.18 Å². The second-order valence-corrected chi connectivity index (χ2v) is 4.36. The fourth-order valence-electron chi connectivity index (χ4n) is 1.29. The van der Waals surface area contributed by atoms with Crippen molar-refractivity contribution in [2.45, 2.75) is 12.5 Å². The summed E-state index contributed by atoms with van der Waals surface area (Å²) in [4.78, 5) is 33.0. The predicted octanol–water partition coefficient (Wildman–Crippen LogP) is 1.25. The maximum atomic E-state index is 13.2. The van der Waals surface area contributed by atoms with Crippen LogP contribution in [-0.2, 0) is 9.59 Å². The van der Waals surface area contributed by atoms with E-state index in [4.69, 9.17) is 10.2 Å². The molecule has 1 rings (SSSR count). The molecule has 0 bridgehead atoms. The molecule has 6 nitrogen and oxygen atoms in total. The number of benzene rings is 1. The first kappa shape index (κ1) is 15.1. The van der Waals surface area contributed by atoms with Crippen LogP contribution < -0.4 is 5.32 Å². The van der Waals surface area contributed by atoms with E-state index >= 15 is 0 Å². The maximum Gasteiger partial charge on any atom is 0.326 e. The molecule has 0 spiro atoms. The molecule has 0 fully saturated rings. The molecule has 0 aliphatic heterocycles. The highest BCUT2D eigenvalue weighted by molar-refractivity contribution is 9.10. The van der Waals surface area contributed by atoms with E-state index in [-0.39, 0.29) is 10.0 Å². The number of carboxylic acid groups (broad SMARTS) is 2. The number of hydrogen-bond acceptors (Lipinski definition) is 3. The number of carbonyl (C=O) groups excluding carboxylic acids is 1. The molecule has 102 valence electrons. The van der Waals surface area contributed by atoms with E-state index in [2.05, 4.69) is 15.9 Å². The minimum absolute atomic E-state index is 0.114. The topological polar surface area (TPSA) is 104 Å². The number of hydrogen-bond donors (Lipinski definition) is 3. The number of amides is 1. The summed E-state index contributed by atoms with van der Waals surface area (Å²) in [6.07, 6.45) is -0.770. The van der Waals surface area contributed by atoms with E-state index in [1.807, 2.05) is 5.32 Å². The third-order valence-electron chi connectivity index (χ3n) is 2.18. The van der Waals surface area contributed by atoms with Crippen LogP contribution in [0.3, 0.4) is 0 Å². The van der Waals surface area contributed by atoms with E-state index in [1.165, 1.54) is 12.1 Å². The predicted molar refractivity (Wildman–Crippen MR) is 65.2 cm³/mol. The molecule has 0 aromatic heterocycles. The van der Waals surface area contributed by atoms with Crippen molar-refractivity contribution in [1.29, 1.82) is 0 Å². The van der Waals surface area contributed by atoms with Crippen LogP contribution in [0.2, 0.25) is 0 Å². The first-order valence-electron chi connectivity index (χ1n) is 5.02. The summed E-state index contributed by atoms with van der Waals surface area (Å²) in [7, 11) is 0. The lowest BCUT2D eigenvalue weighted by Crippen LogP contribution is -2.42. The summed E-state index contributed by atoms with van der Waals surface area (Å²) < 4.78 is 13.1. The van der Waals surface area contributed by atoms with Crippen LogP contribution in [0.15, 0.2) is 22.7 Å². The van der Waals surface area contributed by atoms with Crippen molar-refractivity contribution in [3.63, 3.8) is 0 Å². The fourth-order valence-corrected chi connectivity index (χ4v) is 1.73. The van der Waals surface area contributed by atoms with Gasteiger partial charge in [-0.05, 0) is 28.1 Å². The van der Waals surface area contributed by atoms with Gasteiger partial charge in [0.2, 0.25) is 0 Å². The highest BCUT2D eigenvalue weighted by atomic mass is 79.9. The van der Waals surface area contributed by atoms with Gasteiger partial charge in [0, 0.05) is 0 Å². The van der Waals surface area contributed by atoms with Crippen LogP contribution in [0, 0.1) is 5.82 Å². The number of aliphatic carboxylic acids is 2. The lowest BCUT2D eigenvalue weighted by molar-refractivity contribution is -0.145. The van der Waals surface area contributed by atoms with Gasteiger partial charge in [0.25, 0.3) is 5.91 Å². The van der Waals surface area contributed by atoms with Crippen LogP contribution in [0.4, 0.5) is 4.39 Å². The quantitative estimate of drug-likeness (QED) is 0.752. The van der Waals surface area contributed by atoms with E-state index in [1.54, 1.807) is 0 Å². The molecule has 1 aromatic rings. The van der Waals surface area contributed by atoms with E-state index in [0.717, 1.165) is 6.07 Å². The zero-order valence-electron chi connectivity index (χ0n) is 9.39. The lowest BCUT2D eigenvalue weighted by atomic mass is 10.1. The molecule has 8 heteroatoms. The van der Waals surface area contributed by atoms with Gasteiger partial charge in [0.1, 0.15) is 11.9 Å². The van der Waals surface area contributed by atoms with Gasteiger partial charge < -0.3 is 15.5 Å². The largest absolute Gasteiger partial charge is 0.481 e. The van der Waals surface area contributed by atoms with Crippen LogP contribution in [-0.4, -0.2) is 34.1 Å². The monoisotopic (exact) mass is 333 g/mol. The number of halogens is 2. The molecule has 1 atom stereocenters. The number of carbonyl (C=O) groups is 3. The van der Waals surface area contributed by atoms with Crippen molar-refractivity contribution < 1.29 is 29.0 Å². The van der Waals surface area contributed by atoms with Gasteiger partial charge in [-0.15, -0.1) is 0 Å². The Labute approximate surface area is 115 Å². The zero-order chi connectivity index (χ0) is 14.6. The minimum Gasteiger partial charge on any atom is -0.481 e. The summed E-state index contributed by atoms with van der Waals surface area (Å²) in [5, 5.41) is 19.3. The van der Waals surface area contributed by atoms with Crippen LogP contribution in [0.1, 0.15) is 16.8 Å². The molecule has 0 aliphatic rings. The zero-order valence-corrected chi connectivity index (χ0v) is 11.0. The molecular formula is C11H9BrFNO5. The van der Waals surface area contributed by atoms with Gasteiger partial charge in [0.15, 0.2) is 0 Å². The van der Waals surface area contributed by atoms with Crippen molar-refractivity contribution in [3.05, 3.63) is 34.1 Å². The second kappa shape index (κ2) is 6.28. The molecule has 1 amide bonds. The van der Waals surface area contributed by atoms with E-state index in [9.17, 15) is 18.8 Å². The minimum atomic E-state index is -1.58. The van der Waals surface area contributed by atoms with E-state index in [0.29, 0.717) is 0 Å². The number of nitrogens with one attached hydrogen (secondary N) is 1. The Hall–Kier alpha value is -1.96.